The summed E-state index contributed by atoms with van der Waals surface area (Å²) < 4.78 is 18.1. The number of carboxylic acid groups (broad SMARTS) is 1. The number of rotatable bonds is 11. The molecule has 0 fully saturated rings. The van der Waals surface area contributed by atoms with Crippen molar-refractivity contribution in [3.05, 3.63) is 82.7 Å². The molecular weight excluding hydrogens is 484 g/mol. The summed E-state index contributed by atoms with van der Waals surface area (Å²) in [5.74, 6) is 6.18. The molecule has 5 nitrogen and oxygen atoms in total. The molecule has 6 heteroatoms. The fourth-order valence-corrected chi connectivity index (χ4v) is 5.15. The molecule has 1 atom stereocenters. The van der Waals surface area contributed by atoms with E-state index in [1.165, 1.54) is 21.2 Å². The third kappa shape index (κ3) is 6.71. The van der Waals surface area contributed by atoms with Crippen LogP contribution < -0.4 is 9.47 Å². The first-order valence-electron chi connectivity index (χ1n) is 12.1. The van der Waals surface area contributed by atoms with Crippen molar-refractivity contribution in [1.82, 2.24) is 0 Å². The first-order valence-corrected chi connectivity index (χ1v) is 13.0. The number of hydrogen-bond donors (Lipinski definition) is 1. The Morgan fingerprint density at radius 1 is 0.973 bits per heavy atom. The molecule has 0 radical (unpaired) electrons. The Kier molecular flexibility index (Phi) is 8.84. The Labute approximate surface area is 221 Å². The zero-order valence-corrected chi connectivity index (χ0v) is 22.1. The summed E-state index contributed by atoms with van der Waals surface area (Å²) in [7, 11) is 1.66. The molecule has 0 bridgehead atoms. The van der Waals surface area contributed by atoms with Gasteiger partial charge in [-0.15, -0.1) is 17.3 Å². The standard InChI is InChI=1S/C31H30O5S/c1-4-5-24(18-31(32)33)23-7-9-25(10-8-23)36-19-22-6-13-30-28(17-22)29(20-37-30)27-12-11-26(16-21(27)2)35-15-14-34-3/h6-13,16-17,20,24H,14-15,18-19H2,1-3H3,(H,32,33)/t24-/m0/s1. The highest BCUT2D eigenvalue weighted by Crippen LogP contribution is 2.37. The van der Waals surface area contributed by atoms with Gasteiger partial charge in [0, 0.05) is 22.8 Å². The van der Waals surface area contributed by atoms with Gasteiger partial charge in [0.25, 0.3) is 0 Å². The van der Waals surface area contributed by atoms with E-state index in [9.17, 15) is 4.79 Å². The summed E-state index contributed by atoms with van der Waals surface area (Å²) >= 11 is 1.73. The van der Waals surface area contributed by atoms with Crippen molar-refractivity contribution in [2.24, 2.45) is 0 Å². The lowest BCUT2D eigenvalue weighted by Gasteiger charge is -2.12. The van der Waals surface area contributed by atoms with Crippen molar-refractivity contribution >= 4 is 27.4 Å². The van der Waals surface area contributed by atoms with Gasteiger partial charge in [-0.25, -0.2) is 0 Å². The Hall–Kier alpha value is -3.79. The van der Waals surface area contributed by atoms with E-state index in [1.54, 1.807) is 25.4 Å². The molecule has 1 aromatic heterocycles. The molecule has 0 aliphatic rings. The molecule has 0 saturated heterocycles. The summed E-state index contributed by atoms with van der Waals surface area (Å²) in [6.45, 7) is 5.34. The van der Waals surface area contributed by atoms with Crippen LogP contribution in [0.4, 0.5) is 0 Å². The smallest absolute Gasteiger partial charge is 0.304 e. The number of thiophene rings is 1. The molecule has 0 aliphatic carbocycles. The number of methoxy groups -OCH3 is 1. The molecule has 0 spiro atoms. The summed E-state index contributed by atoms with van der Waals surface area (Å²) in [4.78, 5) is 11.2. The number of carbonyl (C=O) groups is 1. The van der Waals surface area contributed by atoms with E-state index in [0.29, 0.717) is 19.8 Å². The van der Waals surface area contributed by atoms with E-state index >= 15 is 0 Å². The molecule has 0 saturated carbocycles. The molecule has 3 aromatic carbocycles. The molecule has 1 heterocycles. The highest BCUT2D eigenvalue weighted by Gasteiger charge is 2.14. The van der Waals surface area contributed by atoms with Crippen molar-refractivity contribution in [1.29, 1.82) is 0 Å². The third-order valence-corrected chi connectivity index (χ3v) is 7.03. The van der Waals surface area contributed by atoms with Gasteiger partial charge in [0.05, 0.1) is 18.9 Å². The minimum atomic E-state index is -0.863. The van der Waals surface area contributed by atoms with Crippen LogP contribution in [-0.4, -0.2) is 31.4 Å². The average Bonchev–Trinajstić information content (AvgIpc) is 3.30. The largest absolute Gasteiger partial charge is 0.491 e. The molecule has 4 rings (SSSR count). The average molecular weight is 515 g/mol. The predicted molar refractivity (Wildman–Crippen MR) is 149 cm³/mol. The Bertz CT molecular complexity index is 1430. The normalized spacial score (nSPS) is 11.5. The number of aliphatic carboxylic acids is 1. The Balaban J connectivity index is 1.48. The Morgan fingerprint density at radius 3 is 2.46 bits per heavy atom. The van der Waals surface area contributed by atoms with Crippen LogP contribution in [0.15, 0.2) is 66.0 Å². The van der Waals surface area contributed by atoms with Crippen molar-refractivity contribution in [2.45, 2.75) is 32.8 Å². The molecule has 190 valence electrons. The van der Waals surface area contributed by atoms with Crippen LogP contribution in [0.2, 0.25) is 0 Å². The molecule has 0 amide bonds. The van der Waals surface area contributed by atoms with E-state index in [4.69, 9.17) is 19.3 Å². The van der Waals surface area contributed by atoms with Crippen molar-refractivity contribution in [3.8, 4) is 34.5 Å². The molecule has 1 N–H and O–H groups in total. The molecule has 37 heavy (non-hydrogen) atoms. The molecule has 4 aromatic rings. The number of benzene rings is 3. The van der Waals surface area contributed by atoms with Gasteiger partial charge in [-0.05, 0) is 77.9 Å². The van der Waals surface area contributed by atoms with Crippen LogP contribution >= 0.6 is 11.3 Å². The fraction of sp³-hybridized carbons (Fsp3) is 0.258. The van der Waals surface area contributed by atoms with Crippen LogP contribution in [0.5, 0.6) is 11.5 Å². The minimum absolute atomic E-state index is 0.0208. The van der Waals surface area contributed by atoms with Crippen LogP contribution in [-0.2, 0) is 16.1 Å². The van der Waals surface area contributed by atoms with Gasteiger partial charge in [-0.1, -0.05) is 30.2 Å². The van der Waals surface area contributed by atoms with E-state index < -0.39 is 5.97 Å². The lowest BCUT2D eigenvalue weighted by Crippen LogP contribution is -2.04. The van der Waals surface area contributed by atoms with Gasteiger partial charge in [0.2, 0.25) is 0 Å². The van der Waals surface area contributed by atoms with Gasteiger partial charge >= 0.3 is 5.97 Å². The lowest BCUT2D eigenvalue weighted by atomic mass is 9.96. The predicted octanol–water partition coefficient (Wildman–Crippen LogP) is 7.06. The highest BCUT2D eigenvalue weighted by atomic mass is 32.1. The Morgan fingerprint density at radius 2 is 1.76 bits per heavy atom. The summed E-state index contributed by atoms with van der Waals surface area (Å²) in [6, 6.07) is 20.1. The first kappa shape index (κ1) is 26.3. The number of aryl methyl sites for hydroxylation is 1. The molecule has 0 aliphatic heterocycles. The van der Waals surface area contributed by atoms with E-state index in [0.717, 1.165) is 28.2 Å². The van der Waals surface area contributed by atoms with Gasteiger partial charge in [0.1, 0.15) is 24.7 Å². The topological polar surface area (TPSA) is 65.0 Å². The maximum atomic E-state index is 11.2. The van der Waals surface area contributed by atoms with Crippen molar-refractivity contribution < 1.29 is 24.1 Å². The fourth-order valence-electron chi connectivity index (χ4n) is 4.21. The van der Waals surface area contributed by atoms with Gasteiger partial charge < -0.3 is 19.3 Å². The van der Waals surface area contributed by atoms with Gasteiger partial charge in [-0.3, -0.25) is 4.79 Å². The lowest BCUT2D eigenvalue weighted by molar-refractivity contribution is -0.137. The van der Waals surface area contributed by atoms with Crippen LogP contribution in [0.3, 0.4) is 0 Å². The maximum Gasteiger partial charge on any atom is 0.304 e. The molecular formula is C31H30O5S. The van der Waals surface area contributed by atoms with Gasteiger partial charge in [0.15, 0.2) is 0 Å². The summed E-state index contributed by atoms with van der Waals surface area (Å²) in [6.07, 6.45) is -0.0208. The van der Waals surface area contributed by atoms with Crippen molar-refractivity contribution in [3.63, 3.8) is 0 Å². The first-order chi connectivity index (χ1) is 18.0. The quantitative estimate of drug-likeness (QED) is 0.171. The summed E-state index contributed by atoms with van der Waals surface area (Å²) in [5, 5.41) is 12.6. The van der Waals surface area contributed by atoms with Crippen LogP contribution in [0.25, 0.3) is 21.2 Å². The van der Waals surface area contributed by atoms with Gasteiger partial charge in [-0.2, -0.15) is 0 Å². The van der Waals surface area contributed by atoms with E-state index in [2.05, 4.69) is 54.5 Å². The van der Waals surface area contributed by atoms with Crippen LogP contribution in [0, 0.1) is 18.8 Å². The van der Waals surface area contributed by atoms with E-state index in [1.807, 2.05) is 30.3 Å². The van der Waals surface area contributed by atoms with Crippen LogP contribution in [0.1, 0.15) is 36.0 Å². The minimum Gasteiger partial charge on any atom is -0.491 e. The number of ether oxygens (including phenoxy) is 3. The zero-order valence-electron chi connectivity index (χ0n) is 21.2. The number of fused-ring (bicyclic) bond motifs is 1. The number of carboxylic acids is 1. The van der Waals surface area contributed by atoms with E-state index in [-0.39, 0.29) is 12.3 Å². The second kappa shape index (κ2) is 12.4. The monoisotopic (exact) mass is 514 g/mol. The SMILES string of the molecule is CC#C[C@@H](CC(=O)O)c1ccc(OCc2ccc3scc(-c4ccc(OCCOC)cc4C)c3c2)cc1. The second-order valence-electron chi connectivity index (χ2n) is 8.70. The second-order valence-corrected chi connectivity index (χ2v) is 9.61. The maximum absolute atomic E-state index is 11.2. The number of hydrogen-bond acceptors (Lipinski definition) is 5. The molecule has 0 unspecified atom stereocenters. The highest BCUT2D eigenvalue weighted by molar-refractivity contribution is 7.17. The summed E-state index contributed by atoms with van der Waals surface area (Å²) in [5.41, 5.74) is 5.50. The van der Waals surface area contributed by atoms with Crippen molar-refractivity contribution in [2.75, 3.05) is 20.3 Å². The third-order valence-electron chi connectivity index (χ3n) is 6.07. The zero-order chi connectivity index (χ0) is 26.2.